The molecule has 2 aromatic carbocycles. The van der Waals surface area contributed by atoms with Gasteiger partial charge >= 0.3 is 11.9 Å². The number of aliphatic carboxylic acids is 2. The molecule has 0 amide bonds. The Kier molecular flexibility index (Phi) is 5.23. The molecule has 0 aliphatic carbocycles. The van der Waals surface area contributed by atoms with Gasteiger partial charge < -0.3 is 25.6 Å². The fourth-order valence-electron chi connectivity index (χ4n) is 3.13. The van der Waals surface area contributed by atoms with Crippen LogP contribution in [0.4, 0.5) is 11.4 Å². The van der Waals surface area contributed by atoms with Crippen LogP contribution in [0.1, 0.15) is 11.1 Å². The van der Waals surface area contributed by atoms with Crippen LogP contribution in [0.5, 0.6) is 0 Å². The van der Waals surface area contributed by atoms with E-state index in [2.05, 4.69) is 10.6 Å². The van der Waals surface area contributed by atoms with E-state index in [-0.39, 0.29) is 44.8 Å². The van der Waals surface area contributed by atoms with Crippen molar-refractivity contribution in [1.29, 1.82) is 0 Å². The predicted octanol–water partition coefficient (Wildman–Crippen LogP) is 1.72. The van der Waals surface area contributed by atoms with E-state index in [1.54, 1.807) is 48.5 Å². The summed E-state index contributed by atoms with van der Waals surface area (Å²) in [5.41, 5.74) is -2.53. The fourth-order valence-corrected chi connectivity index (χ4v) is 3.13. The van der Waals surface area contributed by atoms with E-state index in [0.717, 1.165) is 0 Å². The number of carboxylic acids is 2. The minimum atomic E-state index is -1.98. The van der Waals surface area contributed by atoms with Crippen molar-refractivity contribution in [1.82, 2.24) is 0 Å². The van der Waals surface area contributed by atoms with Crippen molar-refractivity contribution in [3.05, 3.63) is 59.7 Å². The van der Waals surface area contributed by atoms with Crippen LogP contribution in [-0.2, 0) is 70.5 Å². The van der Waals surface area contributed by atoms with E-state index in [0.29, 0.717) is 22.5 Å². The number of hydrogen-bond donors (Lipinski definition) is 4. The summed E-state index contributed by atoms with van der Waals surface area (Å²) in [5.74, 6) is -2.63. The number of nitrogens with one attached hydrogen (secondary N) is 2. The minimum absolute atomic E-state index is 0. The van der Waals surface area contributed by atoms with E-state index < -0.39 is 23.4 Å². The molecule has 7 nitrogen and oxygen atoms in total. The van der Waals surface area contributed by atoms with Crippen molar-refractivity contribution in [2.75, 3.05) is 10.6 Å². The number of hydrogen-bond acceptors (Lipinski definition) is 5. The summed E-state index contributed by atoms with van der Waals surface area (Å²) in [7, 11) is 0. The van der Waals surface area contributed by atoms with Gasteiger partial charge in [-0.1, -0.05) is 36.4 Å². The smallest absolute Gasteiger partial charge is 0.362 e. The number of ether oxygens (including phenoxy) is 1. The largest absolute Gasteiger partial charge is 0.477 e. The maximum atomic E-state index is 12.0. The topological polar surface area (TPSA) is 108 Å². The van der Waals surface area contributed by atoms with Crippen molar-refractivity contribution in [3.8, 4) is 0 Å². The molecule has 9 heteroatoms. The molecule has 0 aromatic heterocycles. The fraction of sp³-hybridized carbons (Fsp3) is 0.125. The molecule has 0 spiro atoms. The molecular weight excluding hydrogens is 516 g/mol. The predicted molar refractivity (Wildman–Crippen MR) is 79.8 cm³/mol. The molecule has 0 saturated heterocycles. The molecule has 2 aliphatic rings. The van der Waals surface area contributed by atoms with Crippen LogP contribution >= 0.6 is 0 Å². The van der Waals surface area contributed by atoms with Gasteiger partial charge in [0.25, 0.3) is 11.4 Å². The summed E-state index contributed by atoms with van der Waals surface area (Å²) in [6.45, 7) is 0. The second-order valence-corrected chi connectivity index (χ2v) is 5.42. The summed E-state index contributed by atoms with van der Waals surface area (Å²) in [4.78, 5) is 24.0. The molecule has 2 radical (unpaired) electrons. The zero-order chi connectivity index (χ0) is 16.2. The summed E-state index contributed by atoms with van der Waals surface area (Å²) in [6.07, 6.45) is 0. The maximum absolute atomic E-state index is 12.0. The van der Waals surface area contributed by atoms with Gasteiger partial charge in [0, 0.05) is 67.3 Å². The summed E-state index contributed by atoms with van der Waals surface area (Å²) >= 11 is 0. The Labute approximate surface area is 173 Å². The van der Waals surface area contributed by atoms with E-state index in [9.17, 15) is 19.8 Å². The second-order valence-electron chi connectivity index (χ2n) is 5.42. The first-order valence-electron chi connectivity index (χ1n) is 6.92. The minimum Gasteiger partial charge on any atom is -0.477 e. The Hall–Kier alpha value is -1.58. The number of para-hydroxylation sites is 2. The van der Waals surface area contributed by atoms with Crippen molar-refractivity contribution in [2.45, 2.75) is 11.4 Å². The van der Waals surface area contributed by atoms with Crippen molar-refractivity contribution >= 4 is 23.3 Å². The average Bonchev–Trinajstić information content (AvgIpc) is 2.54. The first-order chi connectivity index (χ1) is 11.0. The van der Waals surface area contributed by atoms with Gasteiger partial charge in [-0.05, 0) is 12.1 Å². The van der Waals surface area contributed by atoms with Crippen LogP contribution in [0.3, 0.4) is 0 Å². The van der Waals surface area contributed by atoms with Gasteiger partial charge in [0.15, 0.2) is 0 Å². The number of anilines is 2. The molecular formula is C16H12Ag2N2O5. The Balaban J connectivity index is 0.00000113. The van der Waals surface area contributed by atoms with Crippen molar-refractivity contribution < 1.29 is 69.3 Å². The third kappa shape index (κ3) is 2.56. The standard InChI is InChI=1S/C16H12N2O5.2Ag/c19-13(20)15-9-5-1-3-7-11(9)17-16(23-15,14(21)22)10-6-2-4-8-12(10)18-15;;/h1-8,17-18H,(H,19,20)(H,21,22);;. The van der Waals surface area contributed by atoms with Gasteiger partial charge in [-0.2, -0.15) is 0 Å². The number of fused-ring (bicyclic) bond motifs is 6. The second kappa shape index (κ2) is 6.62. The molecule has 0 saturated carbocycles. The Morgan fingerprint density at radius 3 is 1.48 bits per heavy atom. The van der Waals surface area contributed by atoms with Gasteiger partial charge in [0.2, 0.25) is 0 Å². The van der Waals surface area contributed by atoms with Crippen LogP contribution in [0.25, 0.3) is 0 Å². The van der Waals surface area contributed by atoms with Gasteiger partial charge in [-0.25, -0.2) is 9.59 Å². The Morgan fingerprint density at radius 2 is 1.12 bits per heavy atom. The summed E-state index contributed by atoms with van der Waals surface area (Å²) in [6, 6.07) is 13.2. The van der Waals surface area contributed by atoms with Crippen LogP contribution in [0, 0.1) is 0 Å². The molecule has 2 atom stereocenters. The van der Waals surface area contributed by atoms with E-state index >= 15 is 0 Å². The third-order valence-electron chi connectivity index (χ3n) is 4.14. The molecule has 4 N–H and O–H groups in total. The van der Waals surface area contributed by atoms with Crippen LogP contribution in [-0.4, -0.2) is 22.2 Å². The number of rotatable bonds is 2. The Bertz CT molecular complexity index is 792. The SMILES string of the molecule is O=C(O)C12Nc3ccccc3C(C(=O)O)(Nc3ccccc31)O2.[Ag].[Ag]. The van der Waals surface area contributed by atoms with Gasteiger partial charge in [-0.15, -0.1) is 0 Å². The Morgan fingerprint density at radius 1 is 0.760 bits per heavy atom. The number of carbonyl (C=O) groups is 2. The van der Waals surface area contributed by atoms with Crippen LogP contribution in [0.15, 0.2) is 48.5 Å². The first kappa shape index (κ1) is 19.7. The molecule has 2 heterocycles. The molecule has 2 unspecified atom stereocenters. The molecule has 0 fully saturated rings. The number of benzene rings is 2. The van der Waals surface area contributed by atoms with Crippen LogP contribution in [0.2, 0.25) is 0 Å². The van der Waals surface area contributed by atoms with E-state index in [4.69, 9.17) is 4.74 Å². The quantitative estimate of drug-likeness (QED) is 0.441. The van der Waals surface area contributed by atoms with Crippen molar-refractivity contribution in [3.63, 3.8) is 0 Å². The molecule has 138 valence electrons. The van der Waals surface area contributed by atoms with Gasteiger partial charge in [0.05, 0.1) is 0 Å². The first-order valence-corrected chi connectivity index (χ1v) is 6.92. The monoisotopic (exact) mass is 526 g/mol. The van der Waals surface area contributed by atoms with E-state index in [1.165, 1.54) is 0 Å². The normalized spacial score (nSPS) is 24.8. The van der Waals surface area contributed by atoms with Crippen LogP contribution < -0.4 is 10.6 Å². The third-order valence-corrected chi connectivity index (χ3v) is 4.14. The van der Waals surface area contributed by atoms with Gasteiger partial charge in [-0.3, -0.25) is 0 Å². The molecule has 2 aliphatic heterocycles. The summed E-state index contributed by atoms with van der Waals surface area (Å²) in [5, 5.41) is 25.3. The zero-order valence-electron chi connectivity index (χ0n) is 12.3. The van der Waals surface area contributed by atoms with Crippen molar-refractivity contribution in [2.24, 2.45) is 0 Å². The molecule has 25 heavy (non-hydrogen) atoms. The average molecular weight is 528 g/mol. The molecule has 2 bridgehead atoms. The van der Waals surface area contributed by atoms with Gasteiger partial charge in [0.1, 0.15) is 0 Å². The number of carboxylic acid groups (broad SMARTS) is 2. The molecule has 2 aromatic rings. The maximum Gasteiger partial charge on any atom is 0.362 e. The zero-order valence-corrected chi connectivity index (χ0v) is 15.3. The summed E-state index contributed by atoms with van der Waals surface area (Å²) < 4.78 is 5.65. The van der Waals surface area contributed by atoms with E-state index in [1.807, 2.05) is 0 Å². The molecule has 4 rings (SSSR count).